The highest BCUT2D eigenvalue weighted by atomic mass is 35.5. The molecule has 0 aromatic heterocycles. The van der Waals surface area contributed by atoms with Crippen LogP contribution in [0.3, 0.4) is 0 Å². The molecule has 13 heavy (non-hydrogen) atoms. The summed E-state index contributed by atoms with van der Waals surface area (Å²) in [6.07, 6.45) is 1.23. The number of halogens is 3. The van der Waals surface area contributed by atoms with Crippen molar-refractivity contribution < 1.29 is 13.6 Å². The number of carbonyl (C=O) groups is 1. The van der Waals surface area contributed by atoms with Gasteiger partial charge in [0.05, 0.1) is 0 Å². The number of amides is 1. The topological polar surface area (TPSA) is 20.3 Å². The second-order valence-electron chi connectivity index (χ2n) is 3.20. The Bertz CT molecular complexity index is 187. The third-order valence-corrected chi connectivity index (χ3v) is 2.27. The first-order valence-corrected chi connectivity index (χ1v) is 4.71. The van der Waals surface area contributed by atoms with Crippen LogP contribution in [0, 0.1) is 0 Å². The van der Waals surface area contributed by atoms with Crippen molar-refractivity contribution in [1.29, 1.82) is 0 Å². The lowest BCUT2D eigenvalue weighted by atomic mass is 10.3. The Kier molecular flexibility index (Phi) is 3.47. The van der Waals surface area contributed by atoms with Gasteiger partial charge in [-0.15, -0.1) is 0 Å². The molecule has 1 heterocycles. The predicted molar refractivity (Wildman–Crippen MR) is 45.8 cm³/mol. The molecule has 0 bridgehead atoms. The van der Waals surface area contributed by atoms with Crippen LogP contribution in [0.5, 0.6) is 0 Å². The fourth-order valence-corrected chi connectivity index (χ4v) is 1.47. The second kappa shape index (κ2) is 4.22. The molecular formula is C8H12ClF2NO. The van der Waals surface area contributed by atoms with Crippen molar-refractivity contribution in [2.45, 2.75) is 31.1 Å². The first-order valence-electron chi connectivity index (χ1n) is 4.33. The number of hydrogen-bond acceptors (Lipinski definition) is 1. The highest BCUT2D eigenvalue weighted by molar-refractivity contribution is 6.21. The lowest BCUT2D eigenvalue weighted by molar-refractivity contribution is -0.131. The van der Waals surface area contributed by atoms with Gasteiger partial charge in [-0.1, -0.05) is 0 Å². The van der Waals surface area contributed by atoms with Crippen molar-refractivity contribution in [2.24, 2.45) is 0 Å². The molecule has 5 heteroatoms. The lowest BCUT2D eigenvalue weighted by Crippen LogP contribution is -2.28. The smallest absolute Gasteiger partial charge is 0.322 e. The Morgan fingerprint density at radius 1 is 1.38 bits per heavy atom. The third-order valence-electron chi connectivity index (χ3n) is 2.08. The van der Waals surface area contributed by atoms with Gasteiger partial charge >= 0.3 is 5.38 Å². The molecule has 76 valence electrons. The molecule has 1 fully saturated rings. The van der Waals surface area contributed by atoms with Crippen LogP contribution in [-0.4, -0.2) is 29.3 Å². The van der Waals surface area contributed by atoms with Gasteiger partial charge in [0.2, 0.25) is 5.91 Å². The molecule has 0 aromatic carbocycles. The van der Waals surface area contributed by atoms with E-state index in [2.05, 4.69) is 11.6 Å². The molecule has 1 aliphatic heterocycles. The Morgan fingerprint density at radius 3 is 2.38 bits per heavy atom. The van der Waals surface area contributed by atoms with Crippen LogP contribution >= 0.6 is 11.6 Å². The van der Waals surface area contributed by atoms with Crippen molar-refractivity contribution in [3.8, 4) is 0 Å². The summed E-state index contributed by atoms with van der Waals surface area (Å²) in [7, 11) is 0. The molecule has 1 amide bonds. The maximum absolute atomic E-state index is 12.2. The van der Waals surface area contributed by atoms with E-state index in [0.29, 0.717) is 13.1 Å². The van der Waals surface area contributed by atoms with Gasteiger partial charge in [0.1, 0.15) is 0 Å². The van der Waals surface area contributed by atoms with E-state index in [-0.39, 0.29) is 12.3 Å². The summed E-state index contributed by atoms with van der Waals surface area (Å²) in [6.45, 7) is 1.40. The molecule has 0 aliphatic carbocycles. The molecule has 1 saturated heterocycles. The predicted octanol–water partition coefficient (Wildman–Crippen LogP) is 2.22. The maximum atomic E-state index is 12.2. The number of carbonyl (C=O) groups excluding carboxylic acids is 1. The van der Waals surface area contributed by atoms with E-state index in [0.717, 1.165) is 12.8 Å². The van der Waals surface area contributed by atoms with Crippen LogP contribution in [0.25, 0.3) is 0 Å². The van der Waals surface area contributed by atoms with Crippen LogP contribution in [0.1, 0.15) is 25.7 Å². The summed E-state index contributed by atoms with van der Waals surface area (Å²) in [4.78, 5) is 12.8. The monoisotopic (exact) mass is 211 g/mol. The average Bonchev–Trinajstić information content (AvgIpc) is 2.50. The van der Waals surface area contributed by atoms with E-state index in [1.165, 1.54) is 0 Å². The zero-order valence-corrected chi connectivity index (χ0v) is 7.99. The SMILES string of the molecule is O=C(CCC(F)(F)Cl)N1CCCC1. The minimum Gasteiger partial charge on any atom is -0.343 e. The maximum Gasteiger partial charge on any atom is 0.322 e. The highest BCUT2D eigenvalue weighted by Gasteiger charge is 2.27. The molecule has 0 atom stereocenters. The number of nitrogens with zero attached hydrogens (tertiary/aromatic N) is 1. The lowest BCUT2D eigenvalue weighted by Gasteiger charge is -2.15. The number of hydrogen-bond donors (Lipinski definition) is 0. The zero-order chi connectivity index (χ0) is 9.90. The zero-order valence-electron chi connectivity index (χ0n) is 7.23. The fourth-order valence-electron chi connectivity index (χ4n) is 1.37. The minimum absolute atomic E-state index is 0.156. The van der Waals surface area contributed by atoms with Gasteiger partial charge in [0, 0.05) is 25.9 Å². The van der Waals surface area contributed by atoms with E-state index >= 15 is 0 Å². The van der Waals surface area contributed by atoms with Gasteiger partial charge < -0.3 is 4.90 Å². The number of likely N-dealkylation sites (tertiary alicyclic amines) is 1. The standard InChI is InChI=1S/C8H12ClF2NO/c9-8(10,11)4-3-7(13)12-5-1-2-6-12/h1-6H2. The van der Waals surface area contributed by atoms with Crippen LogP contribution in [-0.2, 0) is 4.79 Å². The quantitative estimate of drug-likeness (QED) is 0.656. The van der Waals surface area contributed by atoms with Crippen molar-refractivity contribution in [1.82, 2.24) is 4.90 Å². The summed E-state index contributed by atoms with van der Waals surface area (Å²) in [5.74, 6) is -0.210. The summed E-state index contributed by atoms with van der Waals surface area (Å²) in [6, 6.07) is 0. The van der Waals surface area contributed by atoms with E-state index < -0.39 is 11.8 Å². The largest absolute Gasteiger partial charge is 0.343 e. The molecular weight excluding hydrogens is 200 g/mol. The molecule has 1 rings (SSSR count). The van der Waals surface area contributed by atoms with Crippen LogP contribution in [0.4, 0.5) is 8.78 Å². The minimum atomic E-state index is -3.24. The molecule has 0 aromatic rings. The van der Waals surface area contributed by atoms with Gasteiger partial charge in [-0.05, 0) is 24.4 Å². The van der Waals surface area contributed by atoms with Crippen molar-refractivity contribution >= 4 is 17.5 Å². The number of alkyl halides is 3. The Morgan fingerprint density at radius 2 is 1.92 bits per heavy atom. The average molecular weight is 212 g/mol. The fraction of sp³-hybridized carbons (Fsp3) is 0.875. The van der Waals surface area contributed by atoms with Crippen LogP contribution < -0.4 is 0 Å². The Hall–Kier alpha value is -0.380. The van der Waals surface area contributed by atoms with E-state index in [1.54, 1.807) is 4.90 Å². The summed E-state index contributed by atoms with van der Waals surface area (Å²) in [5, 5.41) is -3.24. The van der Waals surface area contributed by atoms with E-state index in [9.17, 15) is 13.6 Å². The molecule has 0 spiro atoms. The molecule has 0 radical (unpaired) electrons. The normalized spacial score (nSPS) is 17.9. The molecule has 0 N–H and O–H groups in total. The molecule has 1 aliphatic rings. The van der Waals surface area contributed by atoms with Crippen molar-refractivity contribution in [3.63, 3.8) is 0 Å². The van der Waals surface area contributed by atoms with Crippen LogP contribution in [0.15, 0.2) is 0 Å². The van der Waals surface area contributed by atoms with E-state index in [1.807, 2.05) is 0 Å². The third kappa shape index (κ3) is 3.89. The molecule has 0 unspecified atom stereocenters. The highest BCUT2D eigenvalue weighted by Crippen LogP contribution is 2.25. The van der Waals surface area contributed by atoms with Crippen molar-refractivity contribution in [3.05, 3.63) is 0 Å². The Labute approximate surface area is 80.8 Å². The first kappa shape index (κ1) is 10.7. The van der Waals surface area contributed by atoms with Gasteiger partial charge in [-0.2, -0.15) is 8.78 Å². The molecule has 0 saturated carbocycles. The van der Waals surface area contributed by atoms with Gasteiger partial charge in [0.15, 0.2) is 0 Å². The van der Waals surface area contributed by atoms with Crippen LogP contribution in [0.2, 0.25) is 0 Å². The summed E-state index contributed by atoms with van der Waals surface area (Å²) in [5.41, 5.74) is 0. The second-order valence-corrected chi connectivity index (χ2v) is 3.76. The summed E-state index contributed by atoms with van der Waals surface area (Å²) < 4.78 is 24.3. The number of rotatable bonds is 3. The first-order chi connectivity index (χ1) is 5.99. The van der Waals surface area contributed by atoms with Gasteiger partial charge in [0.25, 0.3) is 0 Å². The Balaban J connectivity index is 2.25. The van der Waals surface area contributed by atoms with Gasteiger partial charge in [-0.3, -0.25) is 4.79 Å². The van der Waals surface area contributed by atoms with E-state index in [4.69, 9.17) is 0 Å². The van der Waals surface area contributed by atoms with Crippen molar-refractivity contribution in [2.75, 3.05) is 13.1 Å². The summed E-state index contributed by atoms with van der Waals surface area (Å²) >= 11 is 4.68. The molecule has 2 nitrogen and oxygen atoms in total. The van der Waals surface area contributed by atoms with Gasteiger partial charge in [-0.25, -0.2) is 0 Å².